The van der Waals surface area contributed by atoms with E-state index in [-0.39, 0.29) is 0 Å². The molecule has 4 aromatic rings. The van der Waals surface area contributed by atoms with E-state index in [9.17, 15) is 5.41 Å². The molecule has 0 aliphatic heterocycles. The summed E-state index contributed by atoms with van der Waals surface area (Å²) < 4.78 is 2.23. The Kier molecular flexibility index (Phi) is 6.30. The van der Waals surface area contributed by atoms with Gasteiger partial charge in [0.1, 0.15) is 5.84 Å². The van der Waals surface area contributed by atoms with E-state index in [2.05, 4.69) is 129 Å². The highest BCUT2D eigenvalue weighted by Gasteiger charge is 2.27. The van der Waals surface area contributed by atoms with Crippen molar-refractivity contribution >= 4 is 30.2 Å². The lowest BCUT2D eigenvalue weighted by atomic mass is 10.1. The topological polar surface area (TPSA) is 27.1 Å². The fourth-order valence-electron chi connectivity index (χ4n) is 3.77. The Balaban J connectivity index is 1.94. The number of nitrogens with one attached hydrogen (secondary N) is 1. The molecule has 0 radical (unpaired) electrons. The van der Waals surface area contributed by atoms with Crippen LogP contribution in [0.2, 0.25) is 0 Å². The van der Waals surface area contributed by atoms with Crippen LogP contribution in [0.25, 0.3) is 0 Å². The molecule has 0 saturated heterocycles. The van der Waals surface area contributed by atoms with Crippen LogP contribution in [0.3, 0.4) is 0 Å². The van der Waals surface area contributed by atoms with Gasteiger partial charge in [-0.2, -0.15) is 0 Å². The highest BCUT2D eigenvalue weighted by molar-refractivity contribution is 7.75. The summed E-state index contributed by atoms with van der Waals surface area (Å²) in [6, 6.07) is 36.0. The lowest BCUT2D eigenvalue weighted by molar-refractivity contribution is 1.32. The Morgan fingerprint density at radius 2 is 1.10 bits per heavy atom. The average Bonchev–Trinajstić information content (AvgIpc) is 2.78. The van der Waals surface area contributed by atoms with Crippen molar-refractivity contribution in [3.05, 3.63) is 125 Å². The van der Waals surface area contributed by atoms with Crippen molar-refractivity contribution in [1.82, 2.24) is 0 Å². The predicted octanol–water partition coefficient (Wildman–Crippen LogP) is 6.49. The summed E-state index contributed by atoms with van der Waals surface area (Å²) in [4.78, 5) is 0. The third-order valence-electron chi connectivity index (χ3n) is 5.19. The van der Waals surface area contributed by atoms with E-state index in [1.165, 1.54) is 27.3 Å². The predicted molar refractivity (Wildman–Crippen MR) is 135 cm³/mol. The molecule has 0 unspecified atom stereocenters. The summed E-state index contributed by atoms with van der Waals surface area (Å²) in [6.07, 6.45) is 0. The molecule has 31 heavy (non-hydrogen) atoms. The standard InChI is InChI=1S/C28H27N2P/c1-21-14-16-24(17-15-21)28(29)30(25-19-22(2)18-23(3)20-25)31(26-10-6-4-7-11-26)27-12-8-5-9-13-27/h4-20,29H,1-3H3. The molecule has 1 N–H and O–H groups in total. The Hall–Kier alpha value is -3.22. The van der Waals surface area contributed by atoms with E-state index >= 15 is 0 Å². The van der Waals surface area contributed by atoms with Gasteiger partial charge in [-0.15, -0.1) is 0 Å². The van der Waals surface area contributed by atoms with Crippen molar-refractivity contribution in [2.75, 3.05) is 4.67 Å². The summed E-state index contributed by atoms with van der Waals surface area (Å²) in [6.45, 7) is 6.32. The number of hydrogen-bond donors (Lipinski definition) is 1. The number of amidine groups is 1. The van der Waals surface area contributed by atoms with Crippen molar-refractivity contribution in [2.45, 2.75) is 20.8 Å². The molecule has 4 aromatic carbocycles. The molecular formula is C28H27N2P. The lowest BCUT2D eigenvalue weighted by Gasteiger charge is -2.35. The van der Waals surface area contributed by atoms with E-state index in [0.29, 0.717) is 5.84 Å². The Bertz CT molecular complexity index is 1110. The minimum atomic E-state index is -0.977. The third kappa shape index (κ3) is 4.76. The molecule has 0 saturated carbocycles. The van der Waals surface area contributed by atoms with E-state index in [1.807, 2.05) is 0 Å². The van der Waals surface area contributed by atoms with Gasteiger partial charge in [-0.1, -0.05) is 96.6 Å². The van der Waals surface area contributed by atoms with Gasteiger partial charge in [-0.05, 0) is 44.0 Å². The van der Waals surface area contributed by atoms with Gasteiger partial charge in [0.05, 0.1) is 8.07 Å². The van der Waals surface area contributed by atoms with Gasteiger partial charge in [-0.25, -0.2) is 0 Å². The van der Waals surface area contributed by atoms with Crippen LogP contribution in [0.1, 0.15) is 22.3 Å². The molecule has 3 heteroatoms. The Morgan fingerprint density at radius 1 is 0.613 bits per heavy atom. The van der Waals surface area contributed by atoms with Crippen LogP contribution in [0, 0.1) is 26.2 Å². The van der Waals surface area contributed by atoms with Gasteiger partial charge in [0, 0.05) is 21.9 Å². The maximum Gasteiger partial charge on any atom is 0.136 e. The zero-order valence-corrected chi connectivity index (χ0v) is 19.1. The highest BCUT2D eigenvalue weighted by Crippen LogP contribution is 2.43. The van der Waals surface area contributed by atoms with Crippen LogP contribution in [-0.2, 0) is 0 Å². The second-order valence-electron chi connectivity index (χ2n) is 7.86. The molecule has 4 rings (SSSR count). The maximum atomic E-state index is 9.31. The first-order valence-corrected chi connectivity index (χ1v) is 11.8. The number of rotatable bonds is 5. The van der Waals surface area contributed by atoms with E-state index < -0.39 is 8.07 Å². The van der Waals surface area contributed by atoms with Crippen molar-refractivity contribution in [3.8, 4) is 0 Å². The Labute approximate surface area is 186 Å². The fraction of sp³-hybridized carbons (Fsp3) is 0.107. The number of benzene rings is 4. The molecule has 2 nitrogen and oxygen atoms in total. The minimum Gasteiger partial charge on any atom is -0.296 e. The van der Waals surface area contributed by atoms with Crippen LogP contribution in [0.4, 0.5) is 5.69 Å². The summed E-state index contributed by atoms with van der Waals surface area (Å²) in [5, 5.41) is 11.8. The van der Waals surface area contributed by atoms with Gasteiger partial charge in [-0.3, -0.25) is 10.1 Å². The van der Waals surface area contributed by atoms with Crippen molar-refractivity contribution in [3.63, 3.8) is 0 Å². The van der Waals surface area contributed by atoms with Crippen LogP contribution >= 0.6 is 8.07 Å². The molecular weight excluding hydrogens is 395 g/mol. The third-order valence-corrected chi connectivity index (χ3v) is 7.59. The fourth-order valence-corrected chi connectivity index (χ4v) is 6.10. The van der Waals surface area contributed by atoms with Gasteiger partial charge >= 0.3 is 0 Å². The van der Waals surface area contributed by atoms with Crippen molar-refractivity contribution in [2.24, 2.45) is 0 Å². The molecule has 0 aliphatic carbocycles. The second kappa shape index (κ2) is 9.29. The van der Waals surface area contributed by atoms with Crippen molar-refractivity contribution < 1.29 is 0 Å². The molecule has 0 heterocycles. The number of aryl methyl sites for hydroxylation is 3. The average molecular weight is 423 g/mol. The molecule has 0 amide bonds. The summed E-state index contributed by atoms with van der Waals surface area (Å²) in [5.41, 5.74) is 5.58. The van der Waals surface area contributed by atoms with E-state index in [1.54, 1.807) is 0 Å². The van der Waals surface area contributed by atoms with Crippen LogP contribution in [0.15, 0.2) is 103 Å². The minimum absolute atomic E-state index is 0.517. The number of hydrogen-bond acceptors (Lipinski definition) is 1. The van der Waals surface area contributed by atoms with Crippen molar-refractivity contribution in [1.29, 1.82) is 5.41 Å². The summed E-state index contributed by atoms with van der Waals surface area (Å²) in [5.74, 6) is 0.517. The van der Waals surface area contributed by atoms with Gasteiger partial charge < -0.3 is 0 Å². The quantitative estimate of drug-likeness (QED) is 0.222. The monoisotopic (exact) mass is 422 g/mol. The molecule has 154 valence electrons. The zero-order valence-electron chi connectivity index (χ0n) is 18.2. The first-order valence-electron chi connectivity index (χ1n) is 10.5. The van der Waals surface area contributed by atoms with E-state index in [0.717, 1.165) is 11.3 Å². The SMILES string of the molecule is Cc1ccc(C(=N)N(c2cc(C)cc(C)c2)P(c2ccccc2)c2ccccc2)cc1. The maximum absolute atomic E-state index is 9.31. The largest absolute Gasteiger partial charge is 0.296 e. The zero-order chi connectivity index (χ0) is 21.8. The van der Waals surface area contributed by atoms with Gasteiger partial charge in [0.25, 0.3) is 0 Å². The van der Waals surface area contributed by atoms with Gasteiger partial charge in [0.15, 0.2) is 0 Å². The van der Waals surface area contributed by atoms with E-state index in [4.69, 9.17) is 0 Å². The lowest BCUT2D eigenvalue weighted by Crippen LogP contribution is -2.34. The highest BCUT2D eigenvalue weighted by atomic mass is 31.1. The van der Waals surface area contributed by atoms with Crippen LogP contribution in [-0.4, -0.2) is 5.84 Å². The van der Waals surface area contributed by atoms with Crippen LogP contribution in [0.5, 0.6) is 0 Å². The summed E-state index contributed by atoms with van der Waals surface area (Å²) in [7, 11) is -0.977. The summed E-state index contributed by atoms with van der Waals surface area (Å²) >= 11 is 0. The normalized spacial score (nSPS) is 10.8. The number of nitrogens with zero attached hydrogens (tertiary/aromatic N) is 1. The first-order chi connectivity index (χ1) is 15.0. The molecule has 0 atom stereocenters. The molecule has 0 fully saturated rings. The molecule has 0 aromatic heterocycles. The number of anilines is 1. The second-order valence-corrected chi connectivity index (χ2v) is 9.91. The molecule has 0 spiro atoms. The molecule has 0 bridgehead atoms. The van der Waals surface area contributed by atoms with Gasteiger partial charge in [0.2, 0.25) is 0 Å². The van der Waals surface area contributed by atoms with Crippen LogP contribution < -0.4 is 15.3 Å². The first kappa shape index (κ1) is 21.0. The molecule has 0 aliphatic rings. The smallest absolute Gasteiger partial charge is 0.136 e. The Morgan fingerprint density at radius 3 is 1.58 bits per heavy atom.